The Morgan fingerprint density at radius 2 is 1.72 bits per heavy atom. The molecule has 0 unspecified atom stereocenters. The van der Waals surface area contributed by atoms with Gasteiger partial charge in [0.2, 0.25) is 0 Å². The van der Waals surface area contributed by atoms with Gasteiger partial charge in [-0.2, -0.15) is 0 Å². The molecule has 2 aliphatic rings. The van der Waals surface area contributed by atoms with Crippen LogP contribution in [0.25, 0.3) is 0 Å². The zero-order chi connectivity index (χ0) is 19.2. The number of morpholine rings is 1. The highest BCUT2D eigenvalue weighted by Gasteiger charge is 2.19. The monoisotopic (exact) mass is 528 g/mol. The van der Waals surface area contributed by atoms with E-state index in [4.69, 9.17) is 10.5 Å². The maximum Gasteiger partial charge on any atom is 0.191 e. The van der Waals surface area contributed by atoms with E-state index in [1.165, 1.54) is 11.1 Å². The van der Waals surface area contributed by atoms with E-state index in [1.54, 1.807) is 11.3 Å². The summed E-state index contributed by atoms with van der Waals surface area (Å²) < 4.78 is 5.41. The molecule has 0 amide bonds. The first-order valence-electron chi connectivity index (χ1n) is 9.85. The van der Waals surface area contributed by atoms with Crippen molar-refractivity contribution < 1.29 is 4.74 Å². The van der Waals surface area contributed by atoms with Crippen LogP contribution in [0, 0.1) is 0 Å². The van der Waals surface area contributed by atoms with Gasteiger partial charge in [0.15, 0.2) is 11.1 Å². The number of halogens is 1. The van der Waals surface area contributed by atoms with Crippen LogP contribution in [0.15, 0.2) is 40.8 Å². The number of hydrogen-bond acceptors (Lipinski definition) is 6. The Kier molecular flexibility index (Phi) is 8.52. The molecule has 1 aromatic heterocycles. The van der Waals surface area contributed by atoms with E-state index < -0.39 is 0 Å². The van der Waals surface area contributed by atoms with Crippen molar-refractivity contribution in [3.8, 4) is 0 Å². The van der Waals surface area contributed by atoms with Crippen molar-refractivity contribution in [3.63, 3.8) is 0 Å². The molecule has 1 aromatic carbocycles. The summed E-state index contributed by atoms with van der Waals surface area (Å²) in [5.74, 6) is 0.635. The molecule has 0 atom stereocenters. The molecule has 0 saturated carbocycles. The number of benzene rings is 1. The van der Waals surface area contributed by atoms with Crippen molar-refractivity contribution in [1.29, 1.82) is 0 Å². The van der Waals surface area contributed by atoms with Gasteiger partial charge in [0.1, 0.15) is 0 Å². The first-order valence-corrected chi connectivity index (χ1v) is 10.7. The average Bonchev–Trinajstić information content (AvgIpc) is 3.29. The van der Waals surface area contributed by atoms with Gasteiger partial charge in [0, 0.05) is 57.4 Å². The largest absolute Gasteiger partial charge is 0.379 e. The van der Waals surface area contributed by atoms with E-state index in [-0.39, 0.29) is 24.0 Å². The summed E-state index contributed by atoms with van der Waals surface area (Å²) in [6.07, 6.45) is 1.86. The Balaban J connectivity index is 0.00000240. The van der Waals surface area contributed by atoms with Crippen molar-refractivity contribution in [3.05, 3.63) is 47.0 Å². The predicted octanol–water partition coefficient (Wildman–Crippen LogP) is 2.23. The van der Waals surface area contributed by atoms with Gasteiger partial charge < -0.3 is 20.3 Å². The van der Waals surface area contributed by atoms with Crippen LogP contribution in [0.2, 0.25) is 0 Å². The Hall–Kier alpha value is -1.43. The molecule has 4 rings (SSSR count). The lowest BCUT2D eigenvalue weighted by Crippen LogP contribution is -2.51. The lowest BCUT2D eigenvalue weighted by Gasteiger charge is -2.35. The minimum absolute atomic E-state index is 0. The minimum Gasteiger partial charge on any atom is -0.379 e. The highest BCUT2D eigenvalue weighted by Crippen LogP contribution is 2.18. The van der Waals surface area contributed by atoms with Crippen LogP contribution in [0.5, 0.6) is 0 Å². The second-order valence-corrected chi connectivity index (χ2v) is 8.04. The molecule has 0 bridgehead atoms. The van der Waals surface area contributed by atoms with Gasteiger partial charge in [0.05, 0.1) is 19.8 Å². The molecule has 0 radical (unpaired) electrons. The Morgan fingerprint density at radius 1 is 1.03 bits per heavy atom. The van der Waals surface area contributed by atoms with Crippen LogP contribution in [-0.4, -0.2) is 73.2 Å². The predicted molar refractivity (Wildman–Crippen MR) is 129 cm³/mol. The van der Waals surface area contributed by atoms with Gasteiger partial charge >= 0.3 is 0 Å². The molecule has 158 valence electrons. The second-order valence-electron chi connectivity index (χ2n) is 7.17. The third-order valence-electron chi connectivity index (χ3n) is 5.25. The lowest BCUT2D eigenvalue weighted by molar-refractivity contribution is 0.0342. The Bertz CT molecular complexity index is 756. The molecule has 2 aliphatic heterocycles. The van der Waals surface area contributed by atoms with Crippen molar-refractivity contribution in [2.24, 2.45) is 10.7 Å². The average molecular weight is 528 g/mol. The number of hydrogen-bond donors (Lipinski definition) is 1. The SMILES string of the molecule is I.NC(=NCc1ccc(CN2CCOCC2)cc1)N1CCN(c2nccs2)CC1. The van der Waals surface area contributed by atoms with Gasteiger partial charge in [-0.1, -0.05) is 24.3 Å². The number of guanidine groups is 1. The summed E-state index contributed by atoms with van der Waals surface area (Å²) in [6.45, 7) is 8.93. The van der Waals surface area contributed by atoms with Crippen LogP contribution >= 0.6 is 35.3 Å². The summed E-state index contributed by atoms with van der Waals surface area (Å²) in [5, 5.41) is 3.11. The Labute approximate surface area is 193 Å². The highest BCUT2D eigenvalue weighted by atomic mass is 127. The topological polar surface area (TPSA) is 70.2 Å². The van der Waals surface area contributed by atoms with E-state index in [1.807, 2.05) is 11.6 Å². The zero-order valence-electron chi connectivity index (χ0n) is 16.6. The van der Waals surface area contributed by atoms with Gasteiger partial charge in [0.25, 0.3) is 0 Å². The molecule has 2 saturated heterocycles. The molecule has 0 aliphatic carbocycles. The molecule has 7 nitrogen and oxygen atoms in total. The molecule has 9 heteroatoms. The van der Waals surface area contributed by atoms with Crippen LogP contribution < -0.4 is 10.6 Å². The number of thiazole rings is 1. The number of rotatable bonds is 5. The molecule has 2 aromatic rings. The summed E-state index contributed by atoms with van der Waals surface area (Å²) in [4.78, 5) is 15.9. The summed E-state index contributed by atoms with van der Waals surface area (Å²) >= 11 is 1.68. The number of aromatic nitrogens is 1. The number of aliphatic imine (C=N–C) groups is 1. The van der Waals surface area contributed by atoms with E-state index in [0.29, 0.717) is 12.5 Å². The first kappa shape index (κ1) is 22.3. The maximum atomic E-state index is 6.24. The molecule has 2 fully saturated rings. The fraction of sp³-hybridized carbons (Fsp3) is 0.500. The fourth-order valence-corrected chi connectivity index (χ4v) is 4.24. The molecule has 0 spiro atoms. The molecular weight excluding hydrogens is 499 g/mol. The van der Waals surface area contributed by atoms with E-state index in [2.05, 4.69) is 48.9 Å². The minimum atomic E-state index is 0. The summed E-state index contributed by atoms with van der Waals surface area (Å²) in [5.41, 5.74) is 8.76. The highest BCUT2D eigenvalue weighted by molar-refractivity contribution is 14.0. The van der Waals surface area contributed by atoms with Crippen LogP contribution in [0.3, 0.4) is 0 Å². The van der Waals surface area contributed by atoms with E-state index >= 15 is 0 Å². The van der Waals surface area contributed by atoms with Gasteiger partial charge in [-0.3, -0.25) is 4.90 Å². The quantitative estimate of drug-likeness (QED) is 0.365. The van der Waals surface area contributed by atoms with E-state index in [9.17, 15) is 0 Å². The normalized spacial score (nSPS) is 18.6. The zero-order valence-corrected chi connectivity index (χ0v) is 19.7. The van der Waals surface area contributed by atoms with Crippen LogP contribution in [0.4, 0.5) is 5.13 Å². The lowest BCUT2D eigenvalue weighted by atomic mass is 10.1. The van der Waals surface area contributed by atoms with Crippen molar-refractivity contribution in [2.75, 3.05) is 57.4 Å². The third kappa shape index (κ3) is 6.27. The summed E-state index contributed by atoms with van der Waals surface area (Å²) in [7, 11) is 0. The van der Waals surface area contributed by atoms with Crippen molar-refractivity contribution >= 4 is 46.4 Å². The molecular formula is C20H29IN6OS. The van der Waals surface area contributed by atoms with Gasteiger partial charge in [-0.05, 0) is 11.1 Å². The summed E-state index contributed by atoms with van der Waals surface area (Å²) in [6, 6.07) is 8.71. The van der Waals surface area contributed by atoms with Gasteiger partial charge in [-0.25, -0.2) is 9.98 Å². The molecule has 3 heterocycles. The van der Waals surface area contributed by atoms with Gasteiger partial charge in [-0.15, -0.1) is 35.3 Å². The van der Waals surface area contributed by atoms with Crippen LogP contribution in [-0.2, 0) is 17.8 Å². The second kappa shape index (κ2) is 11.1. The standard InChI is InChI=1S/C20H28N6OS.HI/c21-19(25-6-8-26(9-7-25)20-22-5-14-28-20)23-15-17-1-3-18(4-2-17)16-24-10-12-27-13-11-24;/h1-5,14H,6-13,15-16H2,(H2,21,23);1H. The van der Waals surface area contributed by atoms with Crippen molar-refractivity contribution in [1.82, 2.24) is 14.8 Å². The molecule has 29 heavy (non-hydrogen) atoms. The fourth-order valence-electron chi connectivity index (χ4n) is 3.54. The molecule has 2 N–H and O–H groups in total. The van der Waals surface area contributed by atoms with Crippen molar-refractivity contribution in [2.45, 2.75) is 13.1 Å². The third-order valence-corrected chi connectivity index (χ3v) is 6.08. The number of piperazine rings is 1. The van der Waals surface area contributed by atoms with E-state index in [0.717, 1.165) is 64.2 Å². The Morgan fingerprint density at radius 3 is 2.38 bits per heavy atom. The maximum absolute atomic E-state index is 6.24. The first-order chi connectivity index (χ1) is 13.8. The number of anilines is 1. The smallest absolute Gasteiger partial charge is 0.191 e. The van der Waals surface area contributed by atoms with Crippen LogP contribution in [0.1, 0.15) is 11.1 Å². The number of ether oxygens (including phenoxy) is 1. The number of nitrogens with zero attached hydrogens (tertiary/aromatic N) is 5. The number of nitrogens with two attached hydrogens (primary N) is 1.